The monoisotopic (exact) mass is 706 g/mol. The van der Waals surface area contributed by atoms with E-state index in [1.165, 1.54) is 12.2 Å². The molecule has 0 saturated heterocycles. The van der Waals surface area contributed by atoms with Crippen molar-refractivity contribution in [1.82, 2.24) is 0 Å². The molecule has 0 fully saturated rings. The third kappa shape index (κ3) is 55.4. The van der Waals surface area contributed by atoms with Gasteiger partial charge in [-0.3, -0.25) is 0 Å². The van der Waals surface area contributed by atoms with Gasteiger partial charge in [0.1, 0.15) is 0 Å². The van der Waals surface area contributed by atoms with Gasteiger partial charge in [-0.15, -0.1) is 0 Å². The number of rotatable bonds is 3. The molecule has 0 spiro atoms. The van der Waals surface area contributed by atoms with E-state index in [4.69, 9.17) is 0 Å². The molecule has 0 saturated carbocycles. The number of hydrogen-bond donors (Lipinski definition) is 0. The molecule has 0 aliphatic heterocycles. The zero-order valence-corrected chi connectivity index (χ0v) is 18.9. The van der Waals surface area contributed by atoms with Gasteiger partial charge in [0.2, 0.25) is 0 Å². The molecule has 0 unspecified atom stereocenters. The van der Waals surface area contributed by atoms with Crippen molar-refractivity contribution in [1.29, 1.82) is 0 Å². The van der Waals surface area contributed by atoms with E-state index in [9.17, 15) is 29.7 Å². The van der Waals surface area contributed by atoms with E-state index in [2.05, 4.69) is 0 Å². The number of hydrogen-bond acceptors (Lipinski definition) is 6. The Morgan fingerprint density at radius 1 is 0.632 bits per heavy atom. The minimum atomic E-state index is -1.15. The van der Waals surface area contributed by atoms with E-state index in [0.29, 0.717) is 0 Å². The topological polar surface area (TPSA) is 120 Å². The molecule has 0 atom stereocenters. The fourth-order valence-electron chi connectivity index (χ4n) is 0.154. The predicted molar refractivity (Wildman–Crippen MR) is 90.3 cm³/mol. The molecule has 0 bridgehead atoms. The van der Waals surface area contributed by atoms with Crippen LogP contribution < -0.4 is 15.3 Å². The van der Waals surface area contributed by atoms with Gasteiger partial charge in [0.15, 0.2) is 0 Å². The number of carboxylic acids is 3. The smallest absolute Gasteiger partial charge is 0.545 e. The first-order valence-electron chi connectivity index (χ1n) is 3.75. The second kappa shape index (κ2) is 23.8. The second-order valence-electron chi connectivity index (χ2n) is 1.84. The SMILES string of the molecule is O=C([O-])/C=C/I.O=C([O-])/C=C/I.O=C([O-])/C=C/I.[In+3]. The van der Waals surface area contributed by atoms with Crippen LogP contribution in [0.5, 0.6) is 0 Å². The van der Waals surface area contributed by atoms with Crippen molar-refractivity contribution in [2.24, 2.45) is 0 Å². The Hall–Kier alpha value is 0.690. The number of carboxylic acid groups (broad SMARTS) is 3. The summed E-state index contributed by atoms with van der Waals surface area (Å²) >= 11 is 5.40. The molecule has 0 aliphatic carbocycles. The average Bonchev–Trinajstić information content (AvgIpc) is 2.18. The Morgan fingerprint density at radius 3 is 0.789 bits per heavy atom. The standard InChI is InChI=1S/3C3H3IO2.In/c3*4-2-1-3(5)6;/h3*1-2H,(H,5,6);/q;;;+3/p-3/b3*2-1+;. The fraction of sp³-hybridized carbons (Fsp3) is 0. The fourth-order valence-corrected chi connectivity index (χ4v) is 1.04. The molecule has 0 aliphatic rings. The number of carbonyl (C=O) groups is 3. The van der Waals surface area contributed by atoms with Crippen molar-refractivity contribution in [3.05, 3.63) is 30.5 Å². The first kappa shape index (κ1) is 27.9. The Kier molecular flexibility index (Phi) is 34.9. The van der Waals surface area contributed by atoms with E-state index in [-0.39, 0.29) is 25.8 Å². The molecular weight excluding hydrogens is 700 g/mol. The Balaban J connectivity index is -0.0000000865. The zero-order valence-electron chi connectivity index (χ0n) is 9.12. The Bertz CT molecular complexity index is 289. The Morgan fingerprint density at radius 2 is 0.789 bits per heavy atom. The van der Waals surface area contributed by atoms with E-state index >= 15 is 0 Å². The summed E-state index contributed by atoms with van der Waals surface area (Å²) in [6.45, 7) is 0. The summed E-state index contributed by atoms with van der Waals surface area (Å²) in [6, 6.07) is 0. The Labute approximate surface area is 169 Å². The van der Waals surface area contributed by atoms with Crippen molar-refractivity contribution in [3.8, 4) is 0 Å². The number of halogens is 3. The van der Waals surface area contributed by atoms with Gasteiger partial charge >= 0.3 is 25.8 Å². The summed E-state index contributed by atoms with van der Waals surface area (Å²) in [5.74, 6) is -3.45. The molecule has 0 heterocycles. The van der Waals surface area contributed by atoms with Crippen molar-refractivity contribution in [2.45, 2.75) is 0 Å². The second-order valence-corrected chi connectivity index (χ2v) is 3.99. The summed E-state index contributed by atoms with van der Waals surface area (Å²) in [4.78, 5) is 28.2. The van der Waals surface area contributed by atoms with Crippen LogP contribution >= 0.6 is 67.8 Å². The molecule has 0 aromatic carbocycles. The largest absolute Gasteiger partial charge is 3.00 e. The quantitative estimate of drug-likeness (QED) is 0.266. The molecule has 0 aromatic rings. The van der Waals surface area contributed by atoms with Crippen LogP contribution in [0.15, 0.2) is 30.5 Å². The van der Waals surface area contributed by atoms with Crippen LogP contribution in [0.4, 0.5) is 0 Å². The minimum Gasteiger partial charge on any atom is -0.545 e. The molecule has 6 nitrogen and oxygen atoms in total. The molecule has 10 heteroatoms. The maximum absolute atomic E-state index is 9.40. The van der Waals surface area contributed by atoms with Gasteiger partial charge < -0.3 is 29.7 Å². The molecule has 102 valence electrons. The summed E-state index contributed by atoms with van der Waals surface area (Å²) in [7, 11) is 0. The van der Waals surface area contributed by atoms with Gasteiger partial charge in [-0.05, 0) is 30.5 Å². The van der Waals surface area contributed by atoms with E-state index in [0.717, 1.165) is 18.2 Å². The molecule has 0 radical (unpaired) electrons. The normalized spacial score (nSPS) is 9.00. The average molecular weight is 706 g/mol. The summed E-state index contributed by atoms with van der Waals surface area (Å²) < 4.78 is 4.15. The van der Waals surface area contributed by atoms with Gasteiger partial charge in [0.25, 0.3) is 0 Å². The molecule has 0 N–H and O–H groups in total. The first-order valence-corrected chi connectivity index (χ1v) is 7.48. The number of aliphatic carboxylic acids is 3. The predicted octanol–water partition coefficient (Wildman–Crippen LogP) is -1.33. The van der Waals surface area contributed by atoms with E-state index in [1.54, 1.807) is 67.8 Å². The number of carbonyl (C=O) groups excluding carboxylic acids is 3. The third-order valence-electron chi connectivity index (χ3n) is 0.597. The van der Waals surface area contributed by atoms with E-state index < -0.39 is 17.9 Å². The van der Waals surface area contributed by atoms with Crippen molar-refractivity contribution in [3.63, 3.8) is 0 Å². The van der Waals surface area contributed by atoms with Crippen LogP contribution in [0, 0.1) is 0 Å². The van der Waals surface area contributed by atoms with Crippen molar-refractivity contribution in [2.75, 3.05) is 0 Å². The molecule has 0 rings (SSSR count). The summed E-state index contributed by atoms with van der Waals surface area (Å²) in [6.07, 6.45) is 2.88. The van der Waals surface area contributed by atoms with Gasteiger partial charge in [-0.25, -0.2) is 0 Å². The van der Waals surface area contributed by atoms with Crippen LogP contribution in [0.1, 0.15) is 0 Å². The molecule has 19 heavy (non-hydrogen) atoms. The third-order valence-corrected chi connectivity index (χ3v) is 1.68. The van der Waals surface area contributed by atoms with Crippen molar-refractivity contribution < 1.29 is 29.7 Å². The minimum absolute atomic E-state index is 0. The molecular formula is C9H6I3InO6. The van der Waals surface area contributed by atoms with Gasteiger partial charge in [-0.2, -0.15) is 0 Å². The van der Waals surface area contributed by atoms with Crippen LogP contribution in [0.3, 0.4) is 0 Å². The maximum atomic E-state index is 9.40. The van der Waals surface area contributed by atoms with Crippen LogP contribution in [0.25, 0.3) is 0 Å². The summed E-state index contributed by atoms with van der Waals surface area (Å²) in [5.41, 5.74) is 0. The van der Waals surface area contributed by atoms with Gasteiger partial charge in [-0.1, -0.05) is 67.8 Å². The van der Waals surface area contributed by atoms with Crippen LogP contribution in [0.2, 0.25) is 0 Å². The van der Waals surface area contributed by atoms with E-state index in [1.807, 2.05) is 0 Å². The summed E-state index contributed by atoms with van der Waals surface area (Å²) in [5, 5.41) is 28.2. The van der Waals surface area contributed by atoms with Crippen molar-refractivity contribution >= 4 is 112 Å². The molecule has 0 aromatic heterocycles. The molecule has 0 amide bonds. The first-order chi connectivity index (χ1) is 8.31. The maximum Gasteiger partial charge on any atom is 3.00 e. The van der Waals surface area contributed by atoms with Gasteiger partial charge in [0, 0.05) is 0 Å². The zero-order chi connectivity index (χ0) is 15.0. The van der Waals surface area contributed by atoms with Crippen LogP contribution in [-0.4, -0.2) is 43.8 Å². The van der Waals surface area contributed by atoms with Crippen LogP contribution in [-0.2, 0) is 14.4 Å². The van der Waals surface area contributed by atoms with Gasteiger partial charge in [0.05, 0.1) is 17.9 Å².